The molecule has 0 unspecified atom stereocenters. The van der Waals surface area contributed by atoms with E-state index in [0.29, 0.717) is 5.04 Å². The van der Waals surface area contributed by atoms with E-state index in [9.17, 15) is 0 Å². The highest BCUT2D eigenvalue weighted by Gasteiger charge is 2.40. The largest absolute Gasteiger partial charge is 0.417 e. The van der Waals surface area contributed by atoms with Crippen LogP contribution >= 0.6 is 0 Å². The van der Waals surface area contributed by atoms with Gasteiger partial charge >= 0.3 is 0 Å². The Bertz CT molecular complexity index is 447. The Balaban J connectivity index is 1.77. The van der Waals surface area contributed by atoms with Gasteiger partial charge in [-0.1, -0.05) is 26.8 Å². The molecule has 1 fully saturated rings. The SMILES string of the molecule is Cc1ccc([C@H]2C[C@@H]2CCO[Si](C)(C)C(C)(C)C)cn1. The van der Waals surface area contributed by atoms with Crippen molar-refractivity contribution in [3.8, 4) is 0 Å². The predicted octanol–water partition coefficient (Wildman–Crippen LogP) is 4.91. The highest BCUT2D eigenvalue weighted by atomic mass is 28.4. The summed E-state index contributed by atoms with van der Waals surface area (Å²) in [4.78, 5) is 4.40. The van der Waals surface area contributed by atoms with Crippen molar-refractivity contribution >= 4 is 8.32 Å². The number of aryl methyl sites for hydroxylation is 1. The fourth-order valence-electron chi connectivity index (χ4n) is 2.36. The molecule has 0 saturated heterocycles. The fraction of sp³-hybridized carbons (Fsp3) is 0.706. The van der Waals surface area contributed by atoms with Crippen LogP contribution in [0.5, 0.6) is 0 Å². The minimum Gasteiger partial charge on any atom is -0.417 e. The Morgan fingerprint density at radius 3 is 2.55 bits per heavy atom. The van der Waals surface area contributed by atoms with Gasteiger partial charge < -0.3 is 4.43 Å². The Kier molecular flexibility index (Phi) is 4.40. The van der Waals surface area contributed by atoms with E-state index in [-0.39, 0.29) is 0 Å². The average molecular weight is 292 g/mol. The van der Waals surface area contributed by atoms with E-state index in [4.69, 9.17) is 4.43 Å². The Labute approximate surface area is 125 Å². The monoisotopic (exact) mass is 291 g/mol. The highest BCUT2D eigenvalue weighted by molar-refractivity contribution is 6.74. The molecule has 0 N–H and O–H groups in total. The second-order valence-electron chi connectivity index (χ2n) is 7.73. The molecule has 1 aliphatic rings. The molecule has 1 heterocycles. The van der Waals surface area contributed by atoms with Crippen molar-refractivity contribution in [3.63, 3.8) is 0 Å². The third-order valence-corrected chi connectivity index (χ3v) is 9.58. The maximum absolute atomic E-state index is 6.27. The van der Waals surface area contributed by atoms with Gasteiger partial charge in [-0.25, -0.2) is 0 Å². The first-order valence-corrected chi connectivity index (χ1v) is 10.7. The normalized spacial score (nSPS) is 22.9. The summed E-state index contributed by atoms with van der Waals surface area (Å²) in [7, 11) is -1.57. The maximum atomic E-state index is 6.27. The third kappa shape index (κ3) is 3.70. The lowest BCUT2D eigenvalue weighted by Gasteiger charge is -2.36. The summed E-state index contributed by atoms with van der Waals surface area (Å²) >= 11 is 0. The molecule has 112 valence electrons. The Hall–Kier alpha value is -0.673. The molecule has 0 spiro atoms. The Morgan fingerprint density at radius 1 is 1.30 bits per heavy atom. The molecule has 0 aromatic carbocycles. The molecule has 2 rings (SSSR count). The summed E-state index contributed by atoms with van der Waals surface area (Å²) in [6.45, 7) is 14.5. The predicted molar refractivity (Wildman–Crippen MR) is 87.6 cm³/mol. The van der Waals surface area contributed by atoms with E-state index in [1.807, 2.05) is 6.92 Å². The number of nitrogens with zero attached hydrogens (tertiary/aromatic N) is 1. The van der Waals surface area contributed by atoms with Crippen LogP contribution in [0.3, 0.4) is 0 Å². The summed E-state index contributed by atoms with van der Waals surface area (Å²) in [5.41, 5.74) is 2.51. The minimum absolute atomic E-state index is 0.316. The molecule has 3 heteroatoms. The van der Waals surface area contributed by atoms with Gasteiger partial charge in [0.2, 0.25) is 0 Å². The molecule has 1 aromatic rings. The van der Waals surface area contributed by atoms with Crippen LogP contribution in [0.4, 0.5) is 0 Å². The van der Waals surface area contributed by atoms with Crippen LogP contribution in [0.1, 0.15) is 50.8 Å². The summed E-state index contributed by atoms with van der Waals surface area (Å²) in [6, 6.07) is 4.36. The van der Waals surface area contributed by atoms with Crippen molar-refractivity contribution in [2.45, 2.75) is 64.6 Å². The molecule has 0 aliphatic heterocycles. The molecule has 2 nitrogen and oxygen atoms in total. The van der Waals surface area contributed by atoms with Crippen molar-refractivity contribution in [1.82, 2.24) is 4.98 Å². The lowest BCUT2D eigenvalue weighted by Crippen LogP contribution is -2.41. The molecule has 20 heavy (non-hydrogen) atoms. The van der Waals surface area contributed by atoms with Gasteiger partial charge in [0.25, 0.3) is 0 Å². The molecule has 2 atom stereocenters. The van der Waals surface area contributed by atoms with Crippen molar-refractivity contribution in [2.75, 3.05) is 6.61 Å². The number of hydrogen-bond donors (Lipinski definition) is 0. The minimum atomic E-state index is -1.57. The smallest absolute Gasteiger partial charge is 0.191 e. The van der Waals surface area contributed by atoms with Gasteiger partial charge in [-0.3, -0.25) is 4.98 Å². The van der Waals surface area contributed by atoms with Gasteiger partial charge in [0.15, 0.2) is 8.32 Å². The summed E-state index contributed by atoms with van der Waals surface area (Å²) in [5.74, 6) is 1.54. The summed E-state index contributed by atoms with van der Waals surface area (Å²) in [6.07, 6.45) is 4.56. The first-order valence-electron chi connectivity index (χ1n) is 7.77. The van der Waals surface area contributed by atoms with Gasteiger partial charge in [-0.05, 0) is 61.4 Å². The zero-order chi connectivity index (χ0) is 15.0. The average Bonchev–Trinajstić information content (AvgIpc) is 3.08. The molecule has 0 amide bonds. The van der Waals surface area contributed by atoms with E-state index in [1.165, 1.54) is 18.4 Å². The standard InChI is InChI=1S/C17H29NOSi/c1-13-7-8-15(12-18-13)16-11-14(16)9-10-19-20(5,6)17(2,3)4/h7-8,12,14,16H,9-11H2,1-6H3/t14-,16-/m0/s1. The lowest BCUT2D eigenvalue weighted by molar-refractivity contribution is 0.274. The van der Waals surface area contributed by atoms with E-state index < -0.39 is 8.32 Å². The molecular weight excluding hydrogens is 262 g/mol. The zero-order valence-electron chi connectivity index (χ0n) is 13.9. The number of pyridine rings is 1. The van der Waals surface area contributed by atoms with Crippen LogP contribution < -0.4 is 0 Å². The summed E-state index contributed by atoms with van der Waals surface area (Å²) in [5, 5.41) is 0.316. The third-order valence-electron chi connectivity index (χ3n) is 5.04. The zero-order valence-corrected chi connectivity index (χ0v) is 14.9. The van der Waals surface area contributed by atoms with Gasteiger partial charge in [0.1, 0.15) is 0 Å². The molecule has 0 bridgehead atoms. The molecule has 1 aromatic heterocycles. The van der Waals surface area contributed by atoms with Crippen molar-refractivity contribution < 1.29 is 4.43 Å². The first kappa shape index (κ1) is 15.7. The topological polar surface area (TPSA) is 22.1 Å². The van der Waals surface area contributed by atoms with Crippen molar-refractivity contribution in [1.29, 1.82) is 0 Å². The quantitative estimate of drug-likeness (QED) is 0.719. The van der Waals surface area contributed by atoms with Crippen molar-refractivity contribution in [3.05, 3.63) is 29.6 Å². The van der Waals surface area contributed by atoms with E-state index in [2.05, 4.69) is 57.2 Å². The van der Waals surface area contributed by atoms with E-state index in [1.54, 1.807) is 0 Å². The number of rotatable bonds is 5. The van der Waals surface area contributed by atoms with E-state index >= 15 is 0 Å². The van der Waals surface area contributed by atoms with Crippen LogP contribution in [-0.4, -0.2) is 19.9 Å². The second-order valence-corrected chi connectivity index (χ2v) is 12.5. The first-order chi connectivity index (χ1) is 9.21. The van der Waals surface area contributed by atoms with Crippen LogP contribution in [0.25, 0.3) is 0 Å². The Morgan fingerprint density at radius 2 is 2.00 bits per heavy atom. The molecule has 1 saturated carbocycles. The number of aromatic nitrogens is 1. The molecular formula is C17H29NOSi. The van der Waals surface area contributed by atoms with Gasteiger partial charge in [-0.15, -0.1) is 0 Å². The van der Waals surface area contributed by atoms with Gasteiger partial charge in [0, 0.05) is 18.5 Å². The molecule has 1 aliphatic carbocycles. The molecule has 0 radical (unpaired) electrons. The van der Waals surface area contributed by atoms with Gasteiger partial charge in [-0.2, -0.15) is 0 Å². The van der Waals surface area contributed by atoms with Crippen LogP contribution in [-0.2, 0) is 4.43 Å². The second kappa shape index (κ2) is 5.61. The van der Waals surface area contributed by atoms with Crippen LogP contribution in [0, 0.1) is 12.8 Å². The van der Waals surface area contributed by atoms with E-state index in [0.717, 1.165) is 24.1 Å². The van der Waals surface area contributed by atoms with Crippen molar-refractivity contribution in [2.24, 2.45) is 5.92 Å². The maximum Gasteiger partial charge on any atom is 0.191 e. The van der Waals surface area contributed by atoms with Gasteiger partial charge in [0.05, 0.1) is 0 Å². The van der Waals surface area contributed by atoms with Crippen LogP contribution in [0.15, 0.2) is 18.3 Å². The summed E-state index contributed by atoms with van der Waals surface area (Å²) < 4.78 is 6.27. The highest BCUT2D eigenvalue weighted by Crippen LogP contribution is 2.49. The fourth-order valence-corrected chi connectivity index (χ4v) is 3.42. The van der Waals surface area contributed by atoms with Crippen LogP contribution in [0.2, 0.25) is 18.1 Å². The lowest BCUT2D eigenvalue weighted by atomic mass is 10.1. The number of hydrogen-bond acceptors (Lipinski definition) is 2.